The Labute approximate surface area is 149 Å². The van der Waals surface area contributed by atoms with E-state index in [1.807, 2.05) is 52.0 Å². The van der Waals surface area contributed by atoms with Gasteiger partial charge in [-0.3, -0.25) is 4.79 Å². The van der Waals surface area contributed by atoms with E-state index in [9.17, 15) is 4.79 Å². The number of benzene rings is 1. The molecule has 0 amide bonds. The molecule has 0 bridgehead atoms. The molecule has 0 spiro atoms. The fraction of sp³-hybridized carbons (Fsp3) is 0.450. The van der Waals surface area contributed by atoms with E-state index < -0.39 is 5.60 Å². The van der Waals surface area contributed by atoms with E-state index in [1.165, 1.54) is 0 Å². The molecular formula is C20H25N3O2. The average Bonchev–Trinajstić information content (AvgIpc) is 2.56. The summed E-state index contributed by atoms with van der Waals surface area (Å²) in [6.45, 7) is 7.54. The van der Waals surface area contributed by atoms with Gasteiger partial charge >= 0.3 is 5.97 Å². The Balaban J connectivity index is 2.19. The molecule has 0 radical (unpaired) electrons. The summed E-state index contributed by atoms with van der Waals surface area (Å²) in [6, 6.07) is 7.50. The zero-order valence-corrected chi connectivity index (χ0v) is 15.3. The summed E-state index contributed by atoms with van der Waals surface area (Å²) in [7, 11) is 0. The number of carbonyl (C=O) groups is 1. The van der Waals surface area contributed by atoms with Gasteiger partial charge in [0.05, 0.1) is 18.0 Å². The number of rotatable bonds is 4. The molecule has 1 aromatic heterocycles. The number of carbonyl (C=O) groups excluding carboxylic acids is 1. The Bertz CT molecular complexity index is 813. The third-order valence-electron chi connectivity index (χ3n) is 3.47. The fourth-order valence-corrected chi connectivity index (χ4v) is 2.24. The zero-order valence-electron chi connectivity index (χ0n) is 15.3. The standard InChI is InChI=1S/C20H25N3O2/c1-5-15(21)19-22-16-11-7-6-10-14(16)17(23-19)12-8-9-13-18(24)25-20(2,3)4/h6-7,10-11,15H,5,9,13,21H2,1-4H3/t15-/m0/s1. The highest BCUT2D eigenvalue weighted by Crippen LogP contribution is 2.18. The number of hydrogen-bond donors (Lipinski definition) is 1. The summed E-state index contributed by atoms with van der Waals surface area (Å²) in [6.07, 6.45) is 1.43. The van der Waals surface area contributed by atoms with Gasteiger partial charge in [-0.05, 0) is 45.2 Å². The maximum absolute atomic E-state index is 11.7. The van der Waals surface area contributed by atoms with Crippen LogP contribution in [0.1, 0.15) is 64.5 Å². The van der Waals surface area contributed by atoms with E-state index in [4.69, 9.17) is 10.5 Å². The first kappa shape index (κ1) is 18.9. The van der Waals surface area contributed by atoms with Crippen molar-refractivity contribution in [3.05, 3.63) is 35.8 Å². The van der Waals surface area contributed by atoms with Crippen molar-refractivity contribution in [1.82, 2.24) is 9.97 Å². The van der Waals surface area contributed by atoms with Crippen molar-refractivity contribution in [3.63, 3.8) is 0 Å². The van der Waals surface area contributed by atoms with Gasteiger partial charge in [0.25, 0.3) is 0 Å². The maximum atomic E-state index is 11.7. The van der Waals surface area contributed by atoms with Gasteiger partial charge in [-0.15, -0.1) is 0 Å². The first-order valence-electron chi connectivity index (χ1n) is 8.53. The summed E-state index contributed by atoms with van der Waals surface area (Å²) in [5.74, 6) is 6.42. The zero-order chi connectivity index (χ0) is 18.4. The third kappa shape index (κ3) is 5.54. The van der Waals surface area contributed by atoms with E-state index in [0.717, 1.165) is 17.3 Å². The van der Waals surface area contributed by atoms with Gasteiger partial charge < -0.3 is 10.5 Å². The number of aromatic nitrogens is 2. The molecular weight excluding hydrogens is 314 g/mol. The lowest BCUT2D eigenvalue weighted by Crippen LogP contribution is -2.23. The summed E-state index contributed by atoms with van der Waals surface area (Å²) in [4.78, 5) is 20.8. The molecule has 2 N–H and O–H groups in total. The number of hydrogen-bond acceptors (Lipinski definition) is 5. The molecule has 0 saturated carbocycles. The minimum atomic E-state index is -0.474. The molecule has 2 aromatic rings. The minimum absolute atomic E-state index is 0.216. The molecule has 1 atom stereocenters. The lowest BCUT2D eigenvalue weighted by molar-refractivity contribution is -0.154. The second-order valence-corrected chi connectivity index (χ2v) is 6.85. The fourth-order valence-electron chi connectivity index (χ4n) is 2.24. The molecule has 0 aliphatic heterocycles. The molecule has 2 rings (SSSR count). The van der Waals surface area contributed by atoms with Gasteiger partial charge in [0.2, 0.25) is 0 Å². The number of ether oxygens (including phenoxy) is 1. The van der Waals surface area contributed by atoms with Crippen LogP contribution in [0, 0.1) is 11.8 Å². The van der Waals surface area contributed by atoms with Crippen LogP contribution < -0.4 is 5.73 Å². The number of para-hydroxylation sites is 1. The highest BCUT2D eigenvalue weighted by molar-refractivity contribution is 5.83. The van der Waals surface area contributed by atoms with Crippen LogP contribution in [0.4, 0.5) is 0 Å². The summed E-state index contributed by atoms with van der Waals surface area (Å²) >= 11 is 0. The maximum Gasteiger partial charge on any atom is 0.307 e. The molecule has 5 heteroatoms. The van der Waals surface area contributed by atoms with Gasteiger partial charge in [-0.25, -0.2) is 9.97 Å². The van der Waals surface area contributed by atoms with Crippen molar-refractivity contribution in [2.75, 3.05) is 0 Å². The predicted octanol–water partition coefficient (Wildman–Crippen LogP) is 3.51. The molecule has 0 aliphatic carbocycles. The van der Waals surface area contributed by atoms with Gasteiger partial charge in [0.15, 0.2) is 0 Å². The molecule has 1 aromatic carbocycles. The van der Waals surface area contributed by atoms with Gasteiger partial charge in [-0.1, -0.05) is 25.0 Å². The molecule has 0 saturated heterocycles. The number of nitrogens with zero attached hydrogens (tertiary/aromatic N) is 2. The van der Waals surface area contributed by atoms with Crippen molar-refractivity contribution < 1.29 is 9.53 Å². The number of esters is 1. The monoisotopic (exact) mass is 339 g/mol. The minimum Gasteiger partial charge on any atom is -0.460 e. The van der Waals surface area contributed by atoms with Crippen LogP contribution in [-0.2, 0) is 9.53 Å². The van der Waals surface area contributed by atoms with Crippen LogP contribution in [0.3, 0.4) is 0 Å². The van der Waals surface area contributed by atoms with Crippen molar-refractivity contribution >= 4 is 16.9 Å². The van der Waals surface area contributed by atoms with E-state index in [2.05, 4.69) is 21.8 Å². The SMILES string of the molecule is CC[C@H](N)c1nc(C#CCCC(=O)OC(C)(C)C)c2ccccc2n1. The quantitative estimate of drug-likeness (QED) is 0.681. The summed E-state index contributed by atoms with van der Waals surface area (Å²) < 4.78 is 5.28. The van der Waals surface area contributed by atoms with Crippen molar-refractivity contribution in [2.24, 2.45) is 5.73 Å². The highest BCUT2D eigenvalue weighted by Gasteiger charge is 2.15. The average molecular weight is 339 g/mol. The molecule has 5 nitrogen and oxygen atoms in total. The molecule has 1 heterocycles. The first-order valence-corrected chi connectivity index (χ1v) is 8.53. The lowest BCUT2D eigenvalue weighted by Gasteiger charge is -2.18. The molecule has 0 aliphatic rings. The normalized spacial score (nSPS) is 12.4. The Morgan fingerprint density at radius 2 is 2.00 bits per heavy atom. The number of nitrogens with two attached hydrogens (primary N) is 1. The van der Waals surface area contributed by atoms with E-state index in [1.54, 1.807) is 0 Å². The second-order valence-electron chi connectivity index (χ2n) is 6.85. The molecule has 0 unspecified atom stereocenters. The lowest BCUT2D eigenvalue weighted by atomic mass is 10.1. The Kier molecular flexibility index (Phi) is 6.11. The largest absolute Gasteiger partial charge is 0.460 e. The van der Waals surface area contributed by atoms with Crippen molar-refractivity contribution in [2.45, 2.75) is 58.6 Å². The van der Waals surface area contributed by atoms with Crippen LogP contribution in [0.2, 0.25) is 0 Å². The smallest absolute Gasteiger partial charge is 0.307 e. The predicted molar refractivity (Wildman–Crippen MR) is 98.7 cm³/mol. The first-order chi connectivity index (χ1) is 11.8. The van der Waals surface area contributed by atoms with E-state index >= 15 is 0 Å². The van der Waals surface area contributed by atoms with Crippen LogP contribution in [0.15, 0.2) is 24.3 Å². The number of fused-ring (bicyclic) bond motifs is 1. The molecule has 25 heavy (non-hydrogen) atoms. The Morgan fingerprint density at radius 3 is 2.68 bits per heavy atom. The van der Waals surface area contributed by atoms with Crippen LogP contribution >= 0.6 is 0 Å². The molecule has 0 fully saturated rings. The van der Waals surface area contributed by atoms with Gasteiger partial charge in [-0.2, -0.15) is 0 Å². The topological polar surface area (TPSA) is 78.1 Å². The Morgan fingerprint density at radius 1 is 1.28 bits per heavy atom. The second kappa shape index (κ2) is 8.09. The molecule has 132 valence electrons. The van der Waals surface area contributed by atoms with Crippen LogP contribution in [0.5, 0.6) is 0 Å². The van der Waals surface area contributed by atoms with Crippen molar-refractivity contribution in [3.8, 4) is 11.8 Å². The Hall–Kier alpha value is -2.45. The van der Waals surface area contributed by atoms with Gasteiger partial charge in [0, 0.05) is 11.8 Å². The van der Waals surface area contributed by atoms with E-state index in [0.29, 0.717) is 17.9 Å². The van der Waals surface area contributed by atoms with Crippen LogP contribution in [-0.4, -0.2) is 21.5 Å². The van der Waals surface area contributed by atoms with E-state index in [-0.39, 0.29) is 18.4 Å². The summed E-state index contributed by atoms with van der Waals surface area (Å²) in [5, 5.41) is 0.888. The summed E-state index contributed by atoms with van der Waals surface area (Å²) in [5.41, 5.74) is 7.07. The third-order valence-corrected chi connectivity index (χ3v) is 3.47. The van der Waals surface area contributed by atoms with Crippen LogP contribution in [0.25, 0.3) is 10.9 Å². The van der Waals surface area contributed by atoms with Crippen molar-refractivity contribution in [1.29, 1.82) is 0 Å². The highest BCUT2D eigenvalue weighted by atomic mass is 16.6. The van der Waals surface area contributed by atoms with Gasteiger partial charge in [0.1, 0.15) is 17.1 Å².